The minimum absolute atomic E-state index is 0.0551. The summed E-state index contributed by atoms with van der Waals surface area (Å²) in [5.41, 5.74) is 6.44. The van der Waals surface area contributed by atoms with Gasteiger partial charge >= 0.3 is 0 Å². The topological polar surface area (TPSA) is 67.1 Å². The van der Waals surface area contributed by atoms with Crippen LogP contribution in [0.3, 0.4) is 0 Å². The first kappa shape index (κ1) is 13.1. The Morgan fingerprint density at radius 1 is 1.20 bits per heavy atom. The lowest BCUT2D eigenvalue weighted by Gasteiger charge is -2.58. The molecule has 4 aliphatic rings. The first-order valence-corrected chi connectivity index (χ1v) is 8.40. The maximum atomic E-state index is 12.8. The monoisotopic (exact) mass is 277 g/mol. The number of nitrogens with one attached hydrogen (secondary N) is 2. The summed E-state index contributed by atoms with van der Waals surface area (Å²) < 4.78 is 0. The molecule has 2 saturated carbocycles. The van der Waals surface area contributed by atoms with Gasteiger partial charge in [-0.2, -0.15) is 0 Å². The second-order valence-electron chi connectivity index (χ2n) is 7.79. The molecule has 0 aromatic rings. The third kappa shape index (κ3) is 1.58. The van der Waals surface area contributed by atoms with Crippen LogP contribution in [0.4, 0.5) is 0 Å². The lowest BCUT2D eigenvalue weighted by molar-refractivity contribution is -0.147. The van der Waals surface area contributed by atoms with Crippen LogP contribution in [0.2, 0.25) is 0 Å². The highest BCUT2D eigenvalue weighted by atomic mass is 16.2. The van der Waals surface area contributed by atoms with Crippen LogP contribution in [-0.2, 0) is 4.79 Å². The zero-order valence-corrected chi connectivity index (χ0v) is 12.5. The van der Waals surface area contributed by atoms with Gasteiger partial charge in [-0.15, -0.1) is 0 Å². The Bertz CT molecular complexity index is 439. The molecule has 0 aromatic heterocycles. The van der Waals surface area contributed by atoms with Gasteiger partial charge in [0.15, 0.2) is 0 Å². The van der Waals surface area contributed by atoms with Gasteiger partial charge in [0, 0.05) is 5.54 Å². The summed E-state index contributed by atoms with van der Waals surface area (Å²) in [5, 5.41) is 6.79. The Balaban J connectivity index is 1.71. The highest BCUT2D eigenvalue weighted by Crippen LogP contribution is 2.54. The van der Waals surface area contributed by atoms with Crippen LogP contribution in [0.25, 0.3) is 0 Å². The predicted molar refractivity (Wildman–Crippen MR) is 77.7 cm³/mol. The lowest BCUT2D eigenvalue weighted by Crippen LogP contribution is -2.73. The van der Waals surface area contributed by atoms with Crippen LogP contribution in [0.5, 0.6) is 0 Å². The minimum Gasteiger partial charge on any atom is -0.338 e. The molecule has 1 amide bonds. The zero-order valence-electron chi connectivity index (χ0n) is 12.5. The number of nitrogens with two attached hydrogens (primary N) is 1. The number of hydrogen-bond donors (Lipinski definition) is 3. The van der Waals surface area contributed by atoms with E-state index in [-0.39, 0.29) is 23.0 Å². The molecule has 6 unspecified atom stereocenters. The smallest absolute Gasteiger partial charge is 0.226 e. The minimum atomic E-state index is -0.227. The van der Waals surface area contributed by atoms with Crippen molar-refractivity contribution in [2.24, 2.45) is 29.4 Å². The van der Waals surface area contributed by atoms with E-state index in [9.17, 15) is 4.79 Å². The van der Waals surface area contributed by atoms with E-state index in [4.69, 9.17) is 5.73 Å². The zero-order chi connectivity index (χ0) is 14.0. The van der Waals surface area contributed by atoms with E-state index < -0.39 is 0 Å². The van der Waals surface area contributed by atoms with Crippen molar-refractivity contribution >= 4 is 5.91 Å². The maximum absolute atomic E-state index is 12.8. The molecule has 0 bridgehead atoms. The Labute approximate surface area is 121 Å². The molecule has 2 saturated heterocycles. The molecule has 4 fully saturated rings. The highest BCUT2D eigenvalue weighted by molar-refractivity contribution is 5.82. The number of fused-ring (bicyclic) bond motifs is 5. The molecule has 112 valence electrons. The number of carbonyl (C=O) groups is 1. The highest BCUT2D eigenvalue weighted by Gasteiger charge is 2.61. The lowest BCUT2D eigenvalue weighted by atomic mass is 9.52. The second-order valence-corrected chi connectivity index (χ2v) is 7.79. The Hall–Kier alpha value is -0.610. The quantitative estimate of drug-likeness (QED) is 0.626. The van der Waals surface area contributed by atoms with Gasteiger partial charge in [0.1, 0.15) is 0 Å². The number of rotatable bonds is 0. The van der Waals surface area contributed by atoms with Gasteiger partial charge in [-0.25, -0.2) is 0 Å². The number of piperidine rings is 1. The van der Waals surface area contributed by atoms with E-state index in [0.717, 1.165) is 13.0 Å². The van der Waals surface area contributed by atoms with E-state index >= 15 is 0 Å². The summed E-state index contributed by atoms with van der Waals surface area (Å²) in [6, 6.07) is 0. The number of carbonyl (C=O) groups excluding carboxylic acids is 1. The summed E-state index contributed by atoms with van der Waals surface area (Å²) in [7, 11) is 0. The van der Waals surface area contributed by atoms with Gasteiger partial charge in [0.2, 0.25) is 5.91 Å². The van der Waals surface area contributed by atoms with Gasteiger partial charge in [-0.1, -0.05) is 12.8 Å². The Morgan fingerprint density at radius 3 is 2.90 bits per heavy atom. The predicted octanol–water partition coefficient (Wildman–Crippen LogP) is 1.36. The SMILES string of the molecule is CC12NCCC1C1CCC3CCCCC3(N)C1C(=O)N2. The molecule has 0 radical (unpaired) electrons. The van der Waals surface area contributed by atoms with Crippen LogP contribution in [0, 0.1) is 23.7 Å². The van der Waals surface area contributed by atoms with E-state index in [1.807, 2.05) is 0 Å². The molecular formula is C16H27N3O. The summed E-state index contributed by atoms with van der Waals surface area (Å²) in [4.78, 5) is 12.8. The molecule has 4 rings (SSSR count). The van der Waals surface area contributed by atoms with E-state index in [1.165, 1.54) is 38.5 Å². The fourth-order valence-corrected chi connectivity index (χ4v) is 5.97. The van der Waals surface area contributed by atoms with E-state index in [1.54, 1.807) is 0 Å². The van der Waals surface area contributed by atoms with Crippen LogP contribution >= 0.6 is 0 Å². The third-order valence-corrected chi connectivity index (χ3v) is 6.90. The average molecular weight is 277 g/mol. The summed E-state index contributed by atoms with van der Waals surface area (Å²) in [6.45, 7) is 3.18. The van der Waals surface area contributed by atoms with Gasteiger partial charge in [-0.05, 0) is 63.3 Å². The van der Waals surface area contributed by atoms with Crippen LogP contribution in [0.15, 0.2) is 0 Å². The number of hydrogen-bond acceptors (Lipinski definition) is 3. The average Bonchev–Trinajstić information content (AvgIpc) is 2.78. The summed E-state index contributed by atoms with van der Waals surface area (Å²) in [5.74, 6) is 1.90. The molecule has 2 aliphatic heterocycles. The normalized spacial score (nSPS) is 54.6. The van der Waals surface area contributed by atoms with Crippen molar-refractivity contribution in [1.29, 1.82) is 0 Å². The van der Waals surface area contributed by atoms with Gasteiger partial charge in [0.25, 0.3) is 0 Å². The van der Waals surface area contributed by atoms with Crippen molar-refractivity contribution in [1.82, 2.24) is 10.6 Å². The molecule has 2 aliphatic carbocycles. The van der Waals surface area contributed by atoms with Crippen LogP contribution in [-0.4, -0.2) is 23.7 Å². The maximum Gasteiger partial charge on any atom is 0.226 e. The fraction of sp³-hybridized carbons (Fsp3) is 0.938. The molecular weight excluding hydrogens is 250 g/mol. The fourth-order valence-electron chi connectivity index (χ4n) is 5.97. The van der Waals surface area contributed by atoms with Crippen molar-refractivity contribution in [2.75, 3.05) is 6.54 Å². The molecule has 20 heavy (non-hydrogen) atoms. The first-order chi connectivity index (χ1) is 9.55. The largest absolute Gasteiger partial charge is 0.338 e. The van der Waals surface area contributed by atoms with Crippen LogP contribution in [0.1, 0.15) is 51.9 Å². The Morgan fingerprint density at radius 2 is 2.05 bits per heavy atom. The second kappa shape index (κ2) is 4.20. The van der Waals surface area contributed by atoms with E-state index in [0.29, 0.717) is 17.8 Å². The summed E-state index contributed by atoms with van der Waals surface area (Å²) >= 11 is 0. The van der Waals surface area contributed by atoms with Crippen molar-refractivity contribution in [3.05, 3.63) is 0 Å². The molecule has 0 spiro atoms. The molecule has 4 heteroatoms. The first-order valence-electron chi connectivity index (χ1n) is 8.40. The van der Waals surface area contributed by atoms with E-state index in [2.05, 4.69) is 17.6 Å². The van der Waals surface area contributed by atoms with Gasteiger partial charge < -0.3 is 11.1 Å². The molecule has 4 N–H and O–H groups in total. The van der Waals surface area contributed by atoms with Gasteiger partial charge in [0.05, 0.1) is 11.6 Å². The van der Waals surface area contributed by atoms with Crippen molar-refractivity contribution in [2.45, 2.75) is 63.1 Å². The number of amides is 1. The Kier molecular flexibility index (Phi) is 2.75. The van der Waals surface area contributed by atoms with Gasteiger partial charge in [-0.3, -0.25) is 10.1 Å². The molecule has 0 aromatic carbocycles. The summed E-state index contributed by atoms with van der Waals surface area (Å²) in [6.07, 6.45) is 8.38. The van der Waals surface area contributed by atoms with Crippen molar-refractivity contribution in [3.8, 4) is 0 Å². The molecule has 6 atom stereocenters. The van der Waals surface area contributed by atoms with Crippen LogP contribution < -0.4 is 16.4 Å². The molecule has 2 heterocycles. The molecule has 4 nitrogen and oxygen atoms in total. The standard InChI is InChI=1S/C16H27N3O/c1-15-12(7-9-18-15)11-6-5-10-4-2-3-8-16(10,17)13(11)14(20)19-15/h10-13,18H,2-9,17H2,1H3,(H,19,20). The third-order valence-electron chi connectivity index (χ3n) is 6.90. The van der Waals surface area contributed by atoms with Crippen molar-refractivity contribution in [3.63, 3.8) is 0 Å². The van der Waals surface area contributed by atoms with Crippen molar-refractivity contribution < 1.29 is 4.79 Å².